The van der Waals surface area contributed by atoms with E-state index >= 15 is 0 Å². The topological polar surface area (TPSA) is 62.3 Å². The lowest BCUT2D eigenvalue weighted by molar-refractivity contribution is 0.0755. The van der Waals surface area contributed by atoms with Crippen molar-refractivity contribution in [2.24, 2.45) is 0 Å². The van der Waals surface area contributed by atoms with Crippen molar-refractivity contribution in [1.29, 1.82) is 0 Å². The molecule has 0 saturated carbocycles. The van der Waals surface area contributed by atoms with E-state index in [2.05, 4.69) is 10.3 Å². The summed E-state index contributed by atoms with van der Waals surface area (Å²) in [4.78, 5) is 31.1. The van der Waals surface area contributed by atoms with Crippen molar-refractivity contribution in [2.75, 3.05) is 18.4 Å². The molecule has 0 unspecified atom stereocenters. The SMILES string of the molecule is CCCN(CCC)C(=O)c1ccnc(C(=O)Nc2cccc(Cl)c2C)c1. The molecule has 0 aliphatic heterocycles. The minimum Gasteiger partial charge on any atom is -0.339 e. The monoisotopic (exact) mass is 373 g/mol. The van der Waals surface area contributed by atoms with Gasteiger partial charge in [-0.1, -0.05) is 31.5 Å². The molecule has 6 heteroatoms. The average Bonchev–Trinajstić information content (AvgIpc) is 2.65. The number of carbonyl (C=O) groups is 2. The predicted octanol–water partition coefficient (Wildman–Crippen LogP) is 4.56. The minimum atomic E-state index is -0.373. The number of nitrogens with zero attached hydrogens (tertiary/aromatic N) is 2. The Labute approximate surface area is 159 Å². The molecule has 0 aliphatic carbocycles. The first-order valence-electron chi connectivity index (χ1n) is 8.79. The predicted molar refractivity (Wildman–Crippen MR) is 105 cm³/mol. The molecule has 1 heterocycles. The molecular formula is C20H24ClN3O2. The summed E-state index contributed by atoms with van der Waals surface area (Å²) in [5.41, 5.74) is 2.07. The molecule has 0 atom stereocenters. The molecule has 2 aromatic rings. The van der Waals surface area contributed by atoms with Gasteiger partial charge in [-0.05, 0) is 49.6 Å². The largest absolute Gasteiger partial charge is 0.339 e. The fourth-order valence-electron chi connectivity index (χ4n) is 2.65. The number of carbonyl (C=O) groups excluding carboxylic acids is 2. The molecule has 5 nitrogen and oxygen atoms in total. The van der Waals surface area contributed by atoms with Crippen molar-refractivity contribution in [3.05, 3.63) is 58.4 Å². The van der Waals surface area contributed by atoms with Gasteiger partial charge in [-0.25, -0.2) is 0 Å². The van der Waals surface area contributed by atoms with Gasteiger partial charge in [0, 0.05) is 35.6 Å². The van der Waals surface area contributed by atoms with Crippen LogP contribution in [0, 0.1) is 6.92 Å². The number of rotatable bonds is 7. The first-order chi connectivity index (χ1) is 12.5. The Morgan fingerprint density at radius 2 is 1.85 bits per heavy atom. The summed E-state index contributed by atoms with van der Waals surface area (Å²) in [6, 6.07) is 8.49. The second-order valence-electron chi connectivity index (χ2n) is 6.09. The molecule has 2 rings (SSSR count). The Balaban J connectivity index is 2.21. The molecule has 0 radical (unpaired) electrons. The highest BCUT2D eigenvalue weighted by molar-refractivity contribution is 6.31. The lowest BCUT2D eigenvalue weighted by Gasteiger charge is -2.21. The van der Waals surface area contributed by atoms with E-state index < -0.39 is 0 Å². The van der Waals surface area contributed by atoms with Crippen LogP contribution in [-0.2, 0) is 0 Å². The summed E-state index contributed by atoms with van der Waals surface area (Å²) >= 11 is 6.09. The summed E-state index contributed by atoms with van der Waals surface area (Å²) in [5, 5.41) is 3.38. The molecule has 0 spiro atoms. The van der Waals surface area contributed by atoms with E-state index in [1.165, 1.54) is 12.3 Å². The first-order valence-corrected chi connectivity index (χ1v) is 9.17. The van der Waals surface area contributed by atoms with Gasteiger partial charge in [-0.3, -0.25) is 14.6 Å². The zero-order chi connectivity index (χ0) is 19.1. The van der Waals surface area contributed by atoms with Gasteiger partial charge in [-0.2, -0.15) is 0 Å². The highest BCUT2D eigenvalue weighted by Crippen LogP contribution is 2.23. The van der Waals surface area contributed by atoms with Crippen molar-refractivity contribution in [2.45, 2.75) is 33.6 Å². The lowest BCUT2D eigenvalue weighted by Crippen LogP contribution is -2.32. The van der Waals surface area contributed by atoms with Crippen LogP contribution in [0.5, 0.6) is 0 Å². The Kier molecular flexibility index (Phi) is 7.16. The Morgan fingerprint density at radius 3 is 2.50 bits per heavy atom. The summed E-state index contributed by atoms with van der Waals surface area (Å²) in [5.74, 6) is -0.452. The summed E-state index contributed by atoms with van der Waals surface area (Å²) < 4.78 is 0. The van der Waals surface area contributed by atoms with Gasteiger partial charge in [0.1, 0.15) is 5.69 Å². The molecular weight excluding hydrogens is 350 g/mol. The lowest BCUT2D eigenvalue weighted by atomic mass is 10.1. The molecule has 0 bridgehead atoms. The van der Waals surface area contributed by atoms with Crippen LogP contribution in [0.15, 0.2) is 36.5 Å². The van der Waals surface area contributed by atoms with Gasteiger partial charge in [0.2, 0.25) is 0 Å². The number of aromatic nitrogens is 1. The minimum absolute atomic E-state index is 0.0795. The van der Waals surface area contributed by atoms with Gasteiger partial charge in [0.05, 0.1) is 0 Å². The van der Waals surface area contributed by atoms with Crippen LogP contribution in [0.2, 0.25) is 5.02 Å². The number of amides is 2. The van der Waals surface area contributed by atoms with Gasteiger partial charge >= 0.3 is 0 Å². The highest BCUT2D eigenvalue weighted by atomic mass is 35.5. The van der Waals surface area contributed by atoms with Crippen LogP contribution in [0.4, 0.5) is 5.69 Å². The maximum atomic E-state index is 12.7. The summed E-state index contributed by atoms with van der Waals surface area (Å²) in [6.07, 6.45) is 3.26. The third-order valence-electron chi connectivity index (χ3n) is 4.03. The number of anilines is 1. The normalized spacial score (nSPS) is 10.5. The maximum Gasteiger partial charge on any atom is 0.274 e. The highest BCUT2D eigenvalue weighted by Gasteiger charge is 2.17. The third-order valence-corrected chi connectivity index (χ3v) is 4.44. The number of pyridine rings is 1. The molecule has 2 amide bonds. The van der Waals surface area contributed by atoms with Gasteiger partial charge in [0.15, 0.2) is 0 Å². The van der Waals surface area contributed by atoms with E-state index in [0.29, 0.717) is 29.4 Å². The smallest absolute Gasteiger partial charge is 0.274 e. The first kappa shape index (κ1) is 19.9. The second kappa shape index (κ2) is 9.34. The van der Waals surface area contributed by atoms with Crippen LogP contribution in [0.1, 0.15) is 53.1 Å². The van der Waals surface area contributed by atoms with E-state index in [-0.39, 0.29) is 17.5 Å². The molecule has 1 N–H and O–H groups in total. The van der Waals surface area contributed by atoms with Crippen molar-refractivity contribution in [3.8, 4) is 0 Å². The second-order valence-corrected chi connectivity index (χ2v) is 6.50. The number of hydrogen-bond donors (Lipinski definition) is 1. The molecule has 1 aromatic heterocycles. The van der Waals surface area contributed by atoms with Crippen molar-refractivity contribution >= 4 is 29.1 Å². The van der Waals surface area contributed by atoms with E-state index in [1.807, 2.05) is 20.8 Å². The quantitative estimate of drug-likeness (QED) is 0.773. The number of benzene rings is 1. The van der Waals surface area contributed by atoms with Gasteiger partial charge in [0.25, 0.3) is 11.8 Å². The van der Waals surface area contributed by atoms with Crippen LogP contribution in [0.25, 0.3) is 0 Å². The van der Waals surface area contributed by atoms with E-state index in [9.17, 15) is 9.59 Å². The molecule has 0 saturated heterocycles. The van der Waals surface area contributed by atoms with Crippen LogP contribution >= 0.6 is 11.6 Å². The number of hydrogen-bond acceptors (Lipinski definition) is 3. The average molecular weight is 374 g/mol. The Hall–Kier alpha value is -2.40. The molecule has 0 aliphatic rings. The van der Waals surface area contributed by atoms with Crippen LogP contribution < -0.4 is 5.32 Å². The summed E-state index contributed by atoms with van der Waals surface area (Å²) in [7, 11) is 0. The molecule has 0 fully saturated rings. The Morgan fingerprint density at radius 1 is 1.15 bits per heavy atom. The molecule has 138 valence electrons. The van der Waals surface area contributed by atoms with Gasteiger partial charge < -0.3 is 10.2 Å². The third kappa shape index (κ3) is 4.82. The van der Waals surface area contributed by atoms with Crippen molar-refractivity contribution in [3.63, 3.8) is 0 Å². The fraction of sp³-hybridized carbons (Fsp3) is 0.350. The maximum absolute atomic E-state index is 12.7. The standard InChI is InChI=1S/C20H24ClN3O2/c1-4-11-24(12-5-2)20(26)15-9-10-22-18(13-15)19(25)23-17-8-6-7-16(21)14(17)3/h6-10,13H,4-5,11-12H2,1-3H3,(H,23,25). The fourth-order valence-corrected chi connectivity index (χ4v) is 2.83. The summed E-state index contributed by atoms with van der Waals surface area (Å²) in [6.45, 7) is 7.29. The number of nitrogens with one attached hydrogen (secondary N) is 1. The van der Waals surface area contributed by atoms with Crippen LogP contribution in [-0.4, -0.2) is 34.8 Å². The molecule has 26 heavy (non-hydrogen) atoms. The zero-order valence-corrected chi connectivity index (χ0v) is 16.1. The Bertz CT molecular complexity index is 786. The number of halogens is 1. The van der Waals surface area contributed by atoms with E-state index in [4.69, 9.17) is 11.6 Å². The van der Waals surface area contributed by atoms with Crippen molar-refractivity contribution in [1.82, 2.24) is 9.88 Å². The van der Waals surface area contributed by atoms with Crippen LogP contribution in [0.3, 0.4) is 0 Å². The van der Waals surface area contributed by atoms with Crippen molar-refractivity contribution < 1.29 is 9.59 Å². The van der Waals surface area contributed by atoms with Gasteiger partial charge in [-0.15, -0.1) is 0 Å². The zero-order valence-electron chi connectivity index (χ0n) is 15.4. The van der Waals surface area contributed by atoms with E-state index in [0.717, 1.165) is 18.4 Å². The molecule has 1 aromatic carbocycles. The van der Waals surface area contributed by atoms with E-state index in [1.54, 1.807) is 29.2 Å².